The summed E-state index contributed by atoms with van der Waals surface area (Å²) in [7, 11) is 3.88. The van der Waals surface area contributed by atoms with E-state index in [0.29, 0.717) is 32.5 Å². The maximum Gasteiger partial charge on any atom is 0.227 e. The topological polar surface area (TPSA) is 43.8 Å². The number of nitrogens with zero attached hydrogens (tertiary/aromatic N) is 2. The van der Waals surface area contributed by atoms with E-state index in [4.69, 9.17) is 0 Å². The van der Waals surface area contributed by atoms with Gasteiger partial charge >= 0.3 is 0 Å². The summed E-state index contributed by atoms with van der Waals surface area (Å²) in [5.74, 6) is 0.0926. The summed E-state index contributed by atoms with van der Waals surface area (Å²) >= 11 is 0. The van der Waals surface area contributed by atoms with Crippen LogP contribution in [0.5, 0.6) is 0 Å². The highest BCUT2D eigenvalue weighted by atomic mass is 16.3. The lowest BCUT2D eigenvalue weighted by atomic mass is 10.0. The second kappa shape index (κ2) is 6.30. The normalized spacial score (nSPS) is 21.3. The summed E-state index contributed by atoms with van der Waals surface area (Å²) in [5, 5.41) is 12.9. The summed E-state index contributed by atoms with van der Waals surface area (Å²) in [5.41, 5.74) is 0.250. The van der Waals surface area contributed by atoms with E-state index in [1.165, 1.54) is 5.39 Å². The van der Waals surface area contributed by atoms with Crippen molar-refractivity contribution in [1.82, 2.24) is 9.80 Å². The van der Waals surface area contributed by atoms with E-state index in [1.807, 2.05) is 37.2 Å². The molecule has 1 aliphatic rings. The van der Waals surface area contributed by atoms with Gasteiger partial charge < -0.3 is 14.9 Å². The summed E-state index contributed by atoms with van der Waals surface area (Å²) in [6, 6.07) is 14.3. The monoisotopic (exact) mass is 312 g/mol. The van der Waals surface area contributed by atoms with Gasteiger partial charge in [0.2, 0.25) is 5.91 Å². The largest absolute Gasteiger partial charge is 0.387 e. The number of benzene rings is 2. The van der Waals surface area contributed by atoms with Gasteiger partial charge in [0.25, 0.3) is 0 Å². The maximum atomic E-state index is 12.5. The first-order chi connectivity index (χ1) is 11.0. The first-order valence-corrected chi connectivity index (χ1v) is 8.08. The molecule has 2 aromatic rings. The van der Waals surface area contributed by atoms with Gasteiger partial charge in [-0.2, -0.15) is 0 Å². The molecule has 3 rings (SSSR count). The number of hydrogen-bond acceptors (Lipinski definition) is 3. The minimum atomic E-state index is -0.775. The predicted molar refractivity (Wildman–Crippen MR) is 92.4 cm³/mol. The van der Waals surface area contributed by atoms with Crippen molar-refractivity contribution in [1.29, 1.82) is 0 Å². The highest BCUT2D eigenvalue weighted by molar-refractivity contribution is 5.85. The summed E-state index contributed by atoms with van der Waals surface area (Å²) in [6.45, 7) is 1.65. The third-order valence-electron chi connectivity index (χ3n) is 4.46. The molecule has 23 heavy (non-hydrogen) atoms. The van der Waals surface area contributed by atoms with Crippen molar-refractivity contribution < 1.29 is 9.90 Å². The zero-order valence-electron chi connectivity index (χ0n) is 13.8. The van der Waals surface area contributed by atoms with E-state index in [2.05, 4.69) is 24.3 Å². The van der Waals surface area contributed by atoms with Crippen molar-refractivity contribution in [2.24, 2.45) is 0 Å². The van der Waals surface area contributed by atoms with Gasteiger partial charge in [0.15, 0.2) is 0 Å². The van der Waals surface area contributed by atoms with Crippen molar-refractivity contribution in [3.63, 3.8) is 0 Å². The van der Waals surface area contributed by atoms with Crippen molar-refractivity contribution in [2.45, 2.75) is 18.4 Å². The highest BCUT2D eigenvalue weighted by Gasteiger charge is 2.38. The van der Waals surface area contributed by atoms with Crippen LogP contribution in [0.3, 0.4) is 0 Å². The molecule has 2 aromatic carbocycles. The molecule has 1 amide bonds. The molecule has 122 valence electrons. The standard InChI is InChI=1S/C19H24N2O2/c1-20(2)13-19(23)9-10-21(14-19)18(22)12-15-7-8-16-5-3-4-6-17(16)11-15/h3-8,11,23H,9-10,12-14H2,1-2H3/t19-/m1/s1. The quantitative estimate of drug-likeness (QED) is 0.938. The fraction of sp³-hybridized carbons (Fsp3) is 0.421. The van der Waals surface area contributed by atoms with E-state index in [1.54, 1.807) is 4.90 Å². The van der Waals surface area contributed by atoms with Crippen molar-refractivity contribution >= 4 is 16.7 Å². The molecule has 0 saturated carbocycles. The molecule has 0 aromatic heterocycles. The van der Waals surface area contributed by atoms with Crippen LogP contribution in [-0.2, 0) is 11.2 Å². The van der Waals surface area contributed by atoms with Crippen molar-refractivity contribution in [2.75, 3.05) is 33.7 Å². The Labute approximate surface area is 137 Å². The molecule has 0 unspecified atom stereocenters. The van der Waals surface area contributed by atoms with Crippen LogP contribution in [0.4, 0.5) is 0 Å². The van der Waals surface area contributed by atoms with Gasteiger partial charge in [-0.05, 0) is 36.9 Å². The smallest absolute Gasteiger partial charge is 0.227 e. The Morgan fingerprint density at radius 1 is 1.22 bits per heavy atom. The van der Waals surface area contributed by atoms with E-state index in [0.717, 1.165) is 10.9 Å². The van der Waals surface area contributed by atoms with Gasteiger partial charge in [0.1, 0.15) is 0 Å². The zero-order chi connectivity index (χ0) is 16.4. The second-order valence-electron chi connectivity index (χ2n) is 6.89. The van der Waals surface area contributed by atoms with Gasteiger partial charge in [-0.1, -0.05) is 42.5 Å². The second-order valence-corrected chi connectivity index (χ2v) is 6.89. The lowest BCUT2D eigenvalue weighted by molar-refractivity contribution is -0.130. The number of carbonyl (C=O) groups is 1. The highest BCUT2D eigenvalue weighted by Crippen LogP contribution is 2.23. The minimum absolute atomic E-state index is 0.0926. The maximum absolute atomic E-state index is 12.5. The molecule has 1 saturated heterocycles. The number of amides is 1. The van der Waals surface area contributed by atoms with Gasteiger partial charge in [-0.15, -0.1) is 0 Å². The van der Waals surface area contributed by atoms with E-state index in [9.17, 15) is 9.90 Å². The van der Waals surface area contributed by atoms with E-state index >= 15 is 0 Å². The van der Waals surface area contributed by atoms with Gasteiger partial charge in [0.05, 0.1) is 18.6 Å². The Morgan fingerprint density at radius 2 is 1.96 bits per heavy atom. The fourth-order valence-corrected chi connectivity index (χ4v) is 3.42. The number of rotatable bonds is 4. The Kier molecular flexibility index (Phi) is 4.37. The number of likely N-dealkylation sites (N-methyl/N-ethyl adjacent to an activating group) is 1. The lowest BCUT2D eigenvalue weighted by Gasteiger charge is -2.26. The lowest BCUT2D eigenvalue weighted by Crippen LogP contribution is -2.43. The van der Waals surface area contributed by atoms with Crippen molar-refractivity contribution in [3.05, 3.63) is 48.0 Å². The van der Waals surface area contributed by atoms with Crippen LogP contribution in [0.2, 0.25) is 0 Å². The molecular weight excluding hydrogens is 288 g/mol. The van der Waals surface area contributed by atoms with E-state index < -0.39 is 5.60 Å². The number of β-amino-alcohol motifs (C(OH)–C–C–N with tert-alkyl or cyclic N) is 1. The Balaban J connectivity index is 1.67. The van der Waals surface area contributed by atoms with Crippen LogP contribution in [0.1, 0.15) is 12.0 Å². The van der Waals surface area contributed by atoms with Gasteiger partial charge in [-0.3, -0.25) is 4.79 Å². The summed E-state index contributed by atoms with van der Waals surface area (Å²) in [4.78, 5) is 16.3. The minimum Gasteiger partial charge on any atom is -0.387 e. The Bertz CT molecular complexity index is 713. The number of carbonyl (C=O) groups excluding carboxylic acids is 1. The first kappa shape index (κ1) is 16.0. The number of likely N-dealkylation sites (tertiary alicyclic amines) is 1. The average molecular weight is 312 g/mol. The van der Waals surface area contributed by atoms with E-state index in [-0.39, 0.29) is 5.91 Å². The molecule has 1 atom stereocenters. The number of hydrogen-bond donors (Lipinski definition) is 1. The Morgan fingerprint density at radius 3 is 2.70 bits per heavy atom. The summed E-state index contributed by atoms with van der Waals surface area (Å²) < 4.78 is 0. The number of fused-ring (bicyclic) bond motifs is 1. The zero-order valence-corrected chi connectivity index (χ0v) is 13.8. The molecule has 0 spiro atoms. The van der Waals surface area contributed by atoms with Crippen LogP contribution >= 0.6 is 0 Å². The first-order valence-electron chi connectivity index (χ1n) is 8.08. The number of aliphatic hydroxyl groups is 1. The summed E-state index contributed by atoms with van der Waals surface area (Å²) in [6.07, 6.45) is 1.04. The van der Waals surface area contributed by atoms with Gasteiger partial charge in [0, 0.05) is 13.1 Å². The molecular formula is C19H24N2O2. The SMILES string of the molecule is CN(C)C[C@]1(O)CCN(C(=O)Cc2ccc3ccccc3c2)C1. The molecule has 0 radical (unpaired) electrons. The molecule has 1 fully saturated rings. The molecule has 4 nitrogen and oxygen atoms in total. The average Bonchev–Trinajstić information content (AvgIpc) is 2.88. The van der Waals surface area contributed by atoms with Crippen LogP contribution in [0.25, 0.3) is 10.8 Å². The molecule has 4 heteroatoms. The molecule has 0 bridgehead atoms. The molecule has 0 aliphatic carbocycles. The van der Waals surface area contributed by atoms with Crippen LogP contribution in [-0.4, -0.2) is 60.1 Å². The Hall–Kier alpha value is -1.91. The fourth-order valence-electron chi connectivity index (χ4n) is 3.42. The van der Waals surface area contributed by atoms with Crippen molar-refractivity contribution in [3.8, 4) is 0 Å². The van der Waals surface area contributed by atoms with Crippen LogP contribution in [0, 0.1) is 0 Å². The third kappa shape index (κ3) is 3.71. The molecule has 1 N–H and O–H groups in total. The van der Waals surface area contributed by atoms with Crippen LogP contribution in [0.15, 0.2) is 42.5 Å². The molecule has 1 heterocycles. The third-order valence-corrected chi connectivity index (χ3v) is 4.46. The van der Waals surface area contributed by atoms with Crippen LogP contribution < -0.4 is 0 Å². The van der Waals surface area contributed by atoms with Gasteiger partial charge in [-0.25, -0.2) is 0 Å². The predicted octanol–water partition coefficient (Wildman–Crippen LogP) is 1.91. The molecule has 1 aliphatic heterocycles.